The van der Waals surface area contributed by atoms with Crippen molar-refractivity contribution in [2.75, 3.05) is 6.61 Å². The lowest BCUT2D eigenvalue weighted by Crippen LogP contribution is -2.16. The zero-order valence-corrected chi connectivity index (χ0v) is 11.7. The number of halogens is 3. The Morgan fingerprint density at radius 2 is 1.91 bits per heavy atom. The number of aromatic carboxylic acids is 1. The molecule has 0 unspecified atom stereocenters. The second kappa shape index (κ2) is 5.75. The Balaban J connectivity index is 2.83. The number of carbonyl (C=O) groups is 2. The third-order valence-corrected chi connectivity index (χ3v) is 2.99. The summed E-state index contributed by atoms with van der Waals surface area (Å²) in [6.07, 6.45) is -4.81. The average molecular weight is 329 g/mol. The summed E-state index contributed by atoms with van der Waals surface area (Å²) in [5, 5.41) is 8.61. The van der Waals surface area contributed by atoms with Gasteiger partial charge in [0.25, 0.3) is 0 Å². The molecular weight excluding hydrogens is 319 g/mol. The molecule has 0 saturated heterocycles. The van der Waals surface area contributed by atoms with Crippen molar-refractivity contribution in [3.63, 3.8) is 0 Å². The summed E-state index contributed by atoms with van der Waals surface area (Å²) in [7, 11) is 0. The van der Waals surface area contributed by atoms with Gasteiger partial charge in [-0.2, -0.15) is 13.2 Å². The minimum Gasteiger partial charge on any atom is -0.478 e. The van der Waals surface area contributed by atoms with E-state index in [0.29, 0.717) is 12.1 Å². The summed E-state index contributed by atoms with van der Waals surface area (Å²) in [6, 6.07) is 1.71. The van der Waals surface area contributed by atoms with Crippen LogP contribution in [0.4, 0.5) is 13.2 Å². The monoisotopic (exact) mass is 329 g/mol. The fourth-order valence-electron chi connectivity index (χ4n) is 2.00. The van der Waals surface area contributed by atoms with Crippen LogP contribution in [-0.4, -0.2) is 28.6 Å². The zero-order valence-electron chi connectivity index (χ0n) is 11.7. The number of alkyl halides is 3. The lowest BCUT2D eigenvalue weighted by atomic mass is 10.0. The molecule has 0 spiro atoms. The summed E-state index contributed by atoms with van der Waals surface area (Å²) >= 11 is 0. The largest absolute Gasteiger partial charge is 0.478 e. The van der Waals surface area contributed by atoms with Gasteiger partial charge in [0, 0.05) is 11.5 Å². The van der Waals surface area contributed by atoms with Crippen molar-refractivity contribution in [2.45, 2.75) is 13.1 Å². The number of carbonyl (C=O) groups excluding carboxylic acids is 1. The maximum atomic E-state index is 12.8. The molecule has 0 atom stereocenters. The first kappa shape index (κ1) is 16.5. The minimum atomic E-state index is -4.81. The van der Waals surface area contributed by atoms with Crippen LogP contribution in [0.25, 0.3) is 10.9 Å². The maximum Gasteiger partial charge on any atom is 0.416 e. The van der Waals surface area contributed by atoms with Crippen molar-refractivity contribution < 1.29 is 32.6 Å². The van der Waals surface area contributed by atoms with Crippen LogP contribution < -0.4 is 5.43 Å². The van der Waals surface area contributed by atoms with Crippen LogP contribution in [0.1, 0.15) is 33.3 Å². The molecule has 6 nitrogen and oxygen atoms in total. The van der Waals surface area contributed by atoms with E-state index >= 15 is 0 Å². The molecule has 0 aliphatic carbocycles. The molecule has 1 heterocycles. The summed E-state index contributed by atoms with van der Waals surface area (Å²) in [5.41, 5.74) is -3.67. The number of aromatic amines is 1. The van der Waals surface area contributed by atoms with Crippen LogP contribution in [0, 0.1) is 0 Å². The van der Waals surface area contributed by atoms with E-state index < -0.39 is 40.1 Å². The molecule has 0 aliphatic rings. The van der Waals surface area contributed by atoms with Crippen LogP contribution >= 0.6 is 0 Å². The fraction of sp³-hybridized carbons (Fsp3) is 0.214. The number of esters is 1. The van der Waals surface area contributed by atoms with E-state index in [4.69, 9.17) is 5.11 Å². The van der Waals surface area contributed by atoms with E-state index in [1.54, 1.807) is 0 Å². The van der Waals surface area contributed by atoms with Crippen LogP contribution in [0.3, 0.4) is 0 Å². The number of rotatable bonds is 3. The summed E-state index contributed by atoms with van der Waals surface area (Å²) in [6.45, 7) is 1.53. The van der Waals surface area contributed by atoms with Gasteiger partial charge in [0.1, 0.15) is 5.69 Å². The second-order valence-corrected chi connectivity index (χ2v) is 4.52. The molecule has 0 radical (unpaired) electrons. The van der Waals surface area contributed by atoms with Gasteiger partial charge in [-0.3, -0.25) is 4.79 Å². The van der Waals surface area contributed by atoms with Crippen molar-refractivity contribution in [3.05, 3.63) is 45.2 Å². The third-order valence-electron chi connectivity index (χ3n) is 2.99. The predicted octanol–water partition coefficient (Wildman–Crippen LogP) is 2.42. The van der Waals surface area contributed by atoms with E-state index in [1.165, 1.54) is 6.92 Å². The SMILES string of the molecule is CCOC(=O)c1cc(=O)c2cc(C(F)(F)F)cc(C(=O)O)c2[nH]1. The van der Waals surface area contributed by atoms with E-state index in [1.807, 2.05) is 0 Å². The zero-order chi connectivity index (χ0) is 17.4. The van der Waals surface area contributed by atoms with Gasteiger partial charge in [0.15, 0.2) is 5.43 Å². The van der Waals surface area contributed by atoms with Gasteiger partial charge in [-0.05, 0) is 19.1 Å². The second-order valence-electron chi connectivity index (χ2n) is 4.52. The fourth-order valence-corrected chi connectivity index (χ4v) is 2.00. The van der Waals surface area contributed by atoms with Crippen LogP contribution in [0.2, 0.25) is 0 Å². The van der Waals surface area contributed by atoms with Gasteiger partial charge < -0.3 is 14.8 Å². The number of hydrogen-bond acceptors (Lipinski definition) is 4. The van der Waals surface area contributed by atoms with Crippen molar-refractivity contribution in [1.29, 1.82) is 0 Å². The van der Waals surface area contributed by atoms with Gasteiger partial charge in [0.2, 0.25) is 0 Å². The molecule has 0 aliphatic heterocycles. The van der Waals surface area contributed by atoms with Gasteiger partial charge >= 0.3 is 18.1 Å². The van der Waals surface area contributed by atoms with Gasteiger partial charge in [-0.25, -0.2) is 9.59 Å². The highest BCUT2D eigenvalue weighted by molar-refractivity contribution is 6.03. The Labute approximate surface area is 126 Å². The number of carboxylic acids is 1. The topological polar surface area (TPSA) is 96.5 Å². The van der Waals surface area contributed by atoms with E-state index in [-0.39, 0.29) is 17.8 Å². The maximum absolute atomic E-state index is 12.8. The van der Waals surface area contributed by atoms with Crippen LogP contribution in [0.5, 0.6) is 0 Å². The number of carboxylic acid groups (broad SMARTS) is 1. The number of pyridine rings is 1. The molecule has 9 heteroatoms. The molecule has 1 aromatic carbocycles. The molecule has 2 rings (SSSR count). The molecule has 2 aromatic rings. The molecule has 0 bridgehead atoms. The Kier molecular flexibility index (Phi) is 4.13. The highest BCUT2D eigenvalue weighted by Gasteiger charge is 2.32. The number of H-pyrrole nitrogens is 1. The molecule has 0 amide bonds. The highest BCUT2D eigenvalue weighted by Crippen LogP contribution is 2.32. The molecule has 122 valence electrons. The van der Waals surface area contributed by atoms with Crippen LogP contribution in [0.15, 0.2) is 23.0 Å². The highest BCUT2D eigenvalue weighted by atomic mass is 19.4. The quantitative estimate of drug-likeness (QED) is 0.843. The Morgan fingerprint density at radius 3 is 2.43 bits per heavy atom. The Bertz CT molecular complexity index is 854. The smallest absolute Gasteiger partial charge is 0.416 e. The van der Waals surface area contributed by atoms with Crippen molar-refractivity contribution in [3.8, 4) is 0 Å². The van der Waals surface area contributed by atoms with Crippen molar-refractivity contribution in [1.82, 2.24) is 4.98 Å². The molecule has 0 saturated carbocycles. The van der Waals surface area contributed by atoms with Gasteiger partial charge in [-0.15, -0.1) is 0 Å². The van der Waals surface area contributed by atoms with E-state index in [9.17, 15) is 27.6 Å². The Hall–Kier alpha value is -2.84. The van der Waals surface area contributed by atoms with Gasteiger partial charge in [-0.1, -0.05) is 0 Å². The van der Waals surface area contributed by atoms with Crippen LogP contribution in [-0.2, 0) is 10.9 Å². The summed E-state index contributed by atoms with van der Waals surface area (Å²) in [4.78, 5) is 37.2. The number of ether oxygens (including phenoxy) is 1. The summed E-state index contributed by atoms with van der Waals surface area (Å²) in [5.74, 6) is -2.58. The first-order chi connectivity index (χ1) is 10.6. The van der Waals surface area contributed by atoms with Crippen molar-refractivity contribution >= 4 is 22.8 Å². The van der Waals surface area contributed by atoms with Crippen molar-refractivity contribution in [2.24, 2.45) is 0 Å². The number of fused-ring (bicyclic) bond motifs is 1. The number of hydrogen-bond donors (Lipinski definition) is 2. The predicted molar refractivity (Wildman–Crippen MR) is 72.5 cm³/mol. The lowest BCUT2D eigenvalue weighted by Gasteiger charge is -2.11. The number of benzene rings is 1. The summed E-state index contributed by atoms with van der Waals surface area (Å²) < 4.78 is 43.1. The first-order valence-corrected chi connectivity index (χ1v) is 6.33. The number of aromatic nitrogens is 1. The standard InChI is InChI=1S/C14H10F3NO5/c1-2-23-13(22)9-5-10(19)7-3-6(14(15,16)17)4-8(12(20)21)11(7)18-9/h3-5H,2H2,1H3,(H,18,19)(H,20,21). The third kappa shape index (κ3) is 3.17. The van der Waals surface area contributed by atoms with E-state index in [2.05, 4.69) is 9.72 Å². The molecule has 1 aromatic heterocycles. The Morgan fingerprint density at radius 1 is 1.26 bits per heavy atom. The lowest BCUT2D eigenvalue weighted by molar-refractivity contribution is -0.137. The number of nitrogens with one attached hydrogen (secondary N) is 1. The average Bonchev–Trinajstić information content (AvgIpc) is 2.45. The minimum absolute atomic E-state index is 0.0116. The molecule has 0 fully saturated rings. The van der Waals surface area contributed by atoms with E-state index in [0.717, 1.165) is 6.07 Å². The molecular formula is C14H10F3NO5. The molecule has 2 N–H and O–H groups in total. The van der Waals surface area contributed by atoms with Gasteiger partial charge in [0.05, 0.1) is 23.3 Å². The molecule has 23 heavy (non-hydrogen) atoms. The first-order valence-electron chi connectivity index (χ1n) is 6.33. The normalized spacial score (nSPS) is 11.5.